The van der Waals surface area contributed by atoms with Crippen LogP contribution in [0.2, 0.25) is 0 Å². The van der Waals surface area contributed by atoms with Gasteiger partial charge < -0.3 is 9.47 Å². The largest absolute Gasteiger partial charge is 0.379 e. The molecule has 0 fully saturated rings. The Morgan fingerprint density at radius 2 is 1.43 bits per heavy atom. The van der Waals surface area contributed by atoms with Gasteiger partial charge in [-0.1, -0.05) is 26.2 Å². The van der Waals surface area contributed by atoms with E-state index in [0.29, 0.717) is 19.8 Å². The molecule has 0 amide bonds. The monoisotopic (exact) mass is 206 g/mol. The highest BCUT2D eigenvalue weighted by molar-refractivity contribution is 4.39. The lowest BCUT2D eigenvalue weighted by Crippen LogP contribution is -2.08. The van der Waals surface area contributed by atoms with Crippen LogP contribution in [0.4, 0.5) is 0 Å². The molecule has 0 unspecified atom stereocenters. The van der Waals surface area contributed by atoms with Crippen LogP contribution in [-0.2, 0) is 14.4 Å². The van der Waals surface area contributed by atoms with Crippen molar-refractivity contribution in [3.8, 4) is 0 Å². The van der Waals surface area contributed by atoms with Gasteiger partial charge in [-0.15, -0.1) is 0 Å². The molecule has 0 aromatic heterocycles. The SMILES string of the molecule is CCCCCCOCCOCCOO. The predicted molar refractivity (Wildman–Crippen MR) is 54.4 cm³/mol. The molecule has 0 saturated heterocycles. The fourth-order valence-corrected chi connectivity index (χ4v) is 1.05. The zero-order valence-electron chi connectivity index (χ0n) is 9.04. The van der Waals surface area contributed by atoms with Crippen molar-refractivity contribution in [3.63, 3.8) is 0 Å². The quantitative estimate of drug-likeness (QED) is 0.319. The Balaban J connectivity index is 2.78. The first-order valence-corrected chi connectivity index (χ1v) is 5.33. The van der Waals surface area contributed by atoms with Crippen LogP contribution < -0.4 is 0 Å². The molecule has 0 rings (SSSR count). The van der Waals surface area contributed by atoms with Crippen LogP contribution in [0.5, 0.6) is 0 Å². The maximum Gasteiger partial charge on any atom is 0.105 e. The third-order valence-electron chi connectivity index (χ3n) is 1.83. The summed E-state index contributed by atoms with van der Waals surface area (Å²) in [5.41, 5.74) is 0. The van der Waals surface area contributed by atoms with Crippen molar-refractivity contribution in [2.75, 3.05) is 33.0 Å². The second kappa shape index (κ2) is 12.8. The minimum atomic E-state index is 0.219. The lowest BCUT2D eigenvalue weighted by molar-refractivity contribution is -0.249. The number of hydrogen-bond acceptors (Lipinski definition) is 4. The molecule has 1 N–H and O–H groups in total. The number of rotatable bonds is 11. The van der Waals surface area contributed by atoms with Gasteiger partial charge in [0.15, 0.2) is 0 Å². The molecule has 0 aromatic carbocycles. The second-order valence-corrected chi connectivity index (χ2v) is 3.12. The second-order valence-electron chi connectivity index (χ2n) is 3.12. The molecule has 86 valence electrons. The van der Waals surface area contributed by atoms with E-state index in [-0.39, 0.29) is 6.61 Å². The lowest BCUT2D eigenvalue weighted by atomic mass is 10.2. The molecule has 0 bridgehead atoms. The smallest absolute Gasteiger partial charge is 0.105 e. The van der Waals surface area contributed by atoms with Gasteiger partial charge in [0.1, 0.15) is 6.61 Å². The van der Waals surface area contributed by atoms with E-state index < -0.39 is 0 Å². The third kappa shape index (κ3) is 11.8. The molecule has 0 spiro atoms. The van der Waals surface area contributed by atoms with Crippen molar-refractivity contribution < 1.29 is 19.6 Å². The van der Waals surface area contributed by atoms with Crippen LogP contribution in [-0.4, -0.2) is 38.3 Å². The summed E-state index contributed by atoms with van der Waals surface area (Å²) in [6.45, 7) is 4.83. The Bertz CT molecular complexity index is 86.1. The topological polar surface area (TPSA) is 47.9 Å². The van der Waals surface area contributed by atoms with E-state index in [2.05, 4.69) is 11.8 Å². The molecule has 4 nitrogen and oxygen atoms in total. The average molecular weight is 206 g/mol. The summed E-state index contributed by atoms with van der Waals surface area (Å²) >= 11 is 0. The summed E-state index contributed by atoms with van der Waals surface area (Å²) in [7, 11) is 0. The summed E-state index contributed by atoms with van der Waals surface area (Å²) < 4.78 is 10.4. The van der Waals surface area contributed by atoms with E-state index in [1.54, 1.807) is 0 Å². The molecule has 0 aliphatic rings. The first kappa shape index (κ1) is 13.8. The molecule has 14 heavy (non-hydrogen) atoms. The van der Waals surface area contributed by atoms with Gasteiger partial charge in [-0.25, -0.2) is 4.89 Å². The summed E-state index contributed by atoms with van der Waals surface area (Å²) in [6, 6.07) is 0. The van der Waals surface area contributed by atoms with Crippen LogP contribution in [0.3, 0.4) is 0 Å². The third-order valence-corrected chi connectivity index (χ3v) is 1.83. The first-order valence-electron chi connectivity index (χ1n) is 5.33. The Morgan fingerprint density at radius 3 is 2.07 bits per heavy atom. The van der Waals surface area contributed by atoms with Gasteiger partial charge in [-0.05, 0) is 6.42 Å². The van der Waals surface area contributed by atoms with Gasteiger partial charge in [0.2, 0.25) is 0 Å². The molecule has 0 aromatic rings. The highest BCUT2D eigenvalue weighted by atomic mass is 17.1. The van der Waals surface area contributed by atoms with Crippen molar-refractivity contribution in [1.82, 2.24) is 0 Å². The van der Waals surface area contributed by atoms with Gasteiger partial charge in [0.25, 0.3) is 0 Å². The van der Waals surface area contributed by atoms with Gasteiger partial charge in [-0.2, -0.15) is 0 Å². The molecule has 0 atom stereocenters. The Morgan fingerprint density at radius 1 is 0.786 bits per heavy atom. The first-order chi connectivity index (χ1) is 6.91. The van der Waals surface area contributed by atoms with Crippen molar-refractivity contribution in [3.05, 3.63) is 0 Å². The number of ether oxygens (including phenoxy) is 2. The van der Waals surface area contributed by atoms with E-state index in [4.69, 9.17) is 14.7 Å². The summed E-state index contributed by atoms with van der Waals surface area (Å²) in [5.74, 6) is 0. The van der Waals surface area contributed by atoms with E-state index in [0.717, 1.165) is 13.0 Å². The number of unbranched alkanes of at least 4 members (excludes halogenated alkanes) is 3. The molecule has 0 radical (unpaired) electrons. The molecular weight excluding hydrogens is 184 g/mol. The zero-order chi connectivity index (χ0) is 10.5. The molecule has 0 saturated carbocycles. The van der Waals surface area contributed by atoms with Crippen LogP contribution in [0, 0.1) is 0 Å². The number of hydrogen-bond donors (Lipinski definition) is 1. The molecule has 4 heteroatoms. The summed E-state index contributed by atoms with van der Waals surface area (Å²) in [5, 5.41) is 7.98. The summed E-state index contributed by atoms with van der Waals surface area (Å²) in [4.78, 5) is 3.85. The fraction of sp³-hybridized carbons (Fsp3) is 1.00. The minimum absolute atomic E-state index is 0.219. The van der Waals surface area contributed by atoms with Crippen molar-refractivity contribution in [1.29, 1.82) is 0 Å². The van der Waals surface area contributed by atoms with E-state index in [1.807, 2.05) is 0 Å². The van der Waals surface area contributed by atoms with Crippen molar-refractivity contribution in [2.24, 2.45) is 0 Å². The Kier molecular flexibility index (Phi) is 12.7. The van der Waals surface area contributed by atoms with E-state index >= 15 is 0 Å². The summed E-state index contributed by atoms with van der Waals surface area (Å²) in [6.07, 6.45) is 4.92. The van der Waals surface area contributed by atoms with Gasteiger partial charge in [-0.3, -0.25) is 5.26 Å². The van der Waals surface area contributed by atoms with Crippen LogP contribution in [0.1, 0.15) is 32.6 Å². The zero-order valence-corrected chi connectivity index (χ0v) is 9.04. The van der Waals surface area contributed by atoms with Crippen molar-refractivity contribution >= 4 is 0 Å². The van der Waals surface area contributed by atoms with Gasteiger partial charge in [0.05, 0.1) is 19.8 Å². The highest BCUT2D eigenvalue weighted by Gasteiger charge is 1.91. The normalized spacial score (nSPS) is 10.7. The maximum absolute atomic E-state index is 7.98. The van der Waals surface area contributed by atoms with Crippen LogP contribution in [0.15, 0.2) is 0 Å². The molecule has 0 aliphatic carbocycles. The molecule has 0 aliphatic heterocycles. The molecular formula is C10H22O4. The van der Waals surface area contributed by atoms with Crippen molar-refractivity contribution in [2.45, 2.75) is 32.6 Å². The fourth-order valence-electron chi connectivity index (χ4n) is 1.05. The lowest BCUT2D eigenvalue weighted by Gasteiger charge is -2.04. The standard InChI is InChI=1S/C10H22O4/c1-2-3-4-5-6-12-7-8-13-9-10-14-11/h11H,2-10H2,1H3. The van der Waals surface area contributed by atoms with E-state index in [9.17, 15) is 0 Å². The van der Waals surface area contributed by atoms with Crippen LogP contribution in [0.25, 0.3) is 0 Å². The highest BCUT2D eigenvalue weighted by Crippen LogP contribution is 1.98. The Hall–Kier alpha value is -0.160. The van der Waals surface area contributed by atoms with Gasteiger partial charge >= 0.3 is 0 Å². The minimum Gasteiger partial charge on any atom is -0.379 e. The van der Waals surface area contributed by atoms with E-state index in [1.165, 1.54) is 19.3 Å². The van der Waals surface area contributed by atoms with Gasteiger partial charge in [0, 0.05) is 6.61 Å². The molecule has 0 heterocycles. The van der Waals surface area contributed by atoms with Crippen LogP contribution >= 0.6 is 0 Å². The predicted octanol–water partition coefficient (Wildman–Crippen LogP) is 2.09. The Labute approximate surface area is 86.1 Å². The maximum atomic E-state index is 7.98. The average Bonchev–Trinajstić information content (AvgIpc) is 2.21.